The molecule has 0 saturated carbocycles. The molecule has 1 aliphatic heterocycles. The first-order valence-electron chi connectivity index (χ1n) is 4.57. The predicted octanol–water partition coefficient (Wildman–Crippen LogP) is 1.91. The van der Waals surface area contributed by atoms with Crippen LogP contribution in [0.3, 0.4) is 0 Å². The molecule has 2 heteroatoms. The lowest BCUT2D eigenvalue weighted by Crippen LogP contribution is -2.29. The fraction of sp³-hybridized carbons (Fsp3) is 0.700. The Morgan fingerprint density at radius 1 is 1.50 bits per heavy atom. The van der Waals surface area contributed by atoms with Gasteiger partial charge in [-0.05, 0) is 31.6 Å². The average molecular weight is 166 g/mol. The molecule has 0 N–H and O–H groups in total. The number of carbonyl (C=O) groups is 1. The van der Waals surface area contributed by atoms with E-state index in [-0.39, 0.29) is 5.97 Å². The molecule has 66 valence electrons. The summed E-state index contributed by atoms with van der Waals surface area (Å²) in [4.78, 5) is 11.4. The Morgan fingerprint density at radius 3 is 2.92 bits per heavy atom. The standard InChI is InChI=1S/C10H14O2/c1-6-3-4-8-7(2)5-12-10(11)9(6)8/h7-8H,3-5H2,1-2H3/t7-,8-/m0/s1. The molecule has 0 aromatic carbocycles. The Labute approximate surface area is 72.6 Å². The molecule has 0 bridgehead atoms. The van der Waals surface area contributed by atoms with Crippen molar-refractivity contribution < 1.29 is 9.53 Å². The molecule has 2 atom stereocenters. The van der Waals surface area contributed by atoms with Crippen molar-refractivity contribution in [3.63, 3.8) is 0 Å². The van der Waals surface area contributed by atoms with Crippen LogP contribution in [-0.2, 0) is 9.53 Å². The van der Waals surface area contributed by atoms with E-state index < -0.39 is 0 Å². The molecule has 0 spiro atoms. The van der Waals surface area contributed by atoms with Crippen LogP contribution in [0.15, 0.2) is 11.1 Å². The highest BCUT2D eigenvalue weighted by Gasteiger charge is 2.37. The zero-order valence-electron chi connectivity index (χ0n) is 7.59. The maximum absolute atomic E-state index is 11.4. The van der Waals surface area contributed by atoms with E-state index in [4.69, 9.17) is 4.74 Å². The Morgan fingerprint density at radius 2 is 2.25 bits per heavy atom. The third-order valence-corrected chi connectivity index (χ3v) is 3.05. The summed E-state index contributed by atoms with van der Waals surface area (Å²) in [6.45, 7) is 4.82. The van der Waals surface area contributed by atoms with E-state index in [1.807, 2.05) is 0 Å². The molecule has 0 radical (unpaired) electrons. The molecular weight excluding hydrogens is 152 g/mol. The number of ether oxygens (including phenoxy) is 1. The van der Waals surface area contributed by atoms with Gasteiger partial charge in [-0.25, -0.2) is 4.79 Å². The molecule has 2 aliphatic rings. The first-order chi connectivity index (χ1) is 5.70. The van der Waals surface area contributed by atoms with E-state index in [1.165, 1.54) is 5.57 Å². The normalized spacial score (nSPS) is 35.0. The molecule has 1 heterocycles. The zero-order valence-corrected chi connectivity index (χ0v) is 7.59. The topological polar surface area (TPSA) is 26.3 Å². The Kier molecular flexibility index (Phi) is 1.71. The van der Waals surface area contributed by atoms with Gasteiger partial charge in [0, 0.05) is 5.57 Å². The highest BCUT2D eigenvalue weighted by Crippen LogP contribution is 2.40. The van der Waals surface area contributed by atoms with Crippen molar-refractivity contribution in [1.29, 1.82) is 0 Å². The average Bonchev–Trinajstić information content (AvgIpc) is 2.42. The molecule has 0 aromatic heterocycles. The van der Waals surface area contributed by atoms with Crippen LogP contribution < -0.4 is 0 Å². The van der Waals surface area contributed by atoms with E-state index in [1.54, 1.807) is 0 Å². The van der Waals surface area contributed by atoms with Crippen molar-refractivity contribution in [2.45, 2.75) is 26.7 Å². The van der Waals surface area contributed by atoms with Crippen LogP contribution in [0.4, 0.5) is 0 Å². The molecule has 12 heavy (non-hydrogen) atoms. The van der Waals surface area contributed by atoms with Gasteiger partial charge in [-0.2, -0.15) is 0 Å². The van der Waals surface area contributed by atoms with E-state index in [9.17, 15) is 4.79 Å². The fourth-order valence-electron chi connectivity index (χ4n) is 2.26. The quantitative estimate of drug-likeness (QED) is 0.514. The lowest BCUT2D eigenvalue weighted by atomic mass is 9.86. The second-order valence-electron chi connectivity index (χ2n) is 3.91. The van der Waals surface area contributed by atoms with Gasteiger partial charge >= 0.3 is 5.97 Å². The van der Waals surface area contributed by atoms with Crippen molar-refractivity contribution in [3.05, 3.63) is 11.1 Å². The van der Waals surface area contributed by atoms with Crippen LogP contribution in [0.25, 0.3) is 0 Å². The Bertz CT molecular complexity index is 253. The van der Waals surface area contributed by atoms with Crippen LogP contribution in [0, 0.1) is 11.8 Å². The summed E-state index contributed by atoms with van der Waals surface area (Å²) in [6, 6.07) is 0. The van der Waals surface area contributed by atoms with Gasteiger partial charge in [0.25, 0.3) is 0 Å². The highest BCUT2D eigenvalue weighted by molar-refractivity contribution is 5.91. The van der Waals surface area contributed by atoms with Crippen LogP contribution in [0.5, 0.6) is 0 Å². The van der Waals surface area contributed by atoms with Crippen molar-refractivity contribution in [1.82, 2.24) is 0 Å². The monoisotopic (exact) mass is 166 g/mol. The second kappa shape index (κ2) is 2.61. The van der Waals surface area contributed by atoms with Crippen LogP contribution in [0.2, 0.25) is 0 Å². The lowest BCUT2D eigenvalue weighted by Gasteiger charge is -2.27. The molecule has 1 aliphatic carbocycles. The number of rotatable bonds is 0. The summed E-state index contributed by atoms with van der Waals surface area (Å²) in [5.41, 5.74) is 2.23. The molecule has 1 saturated heterocycles. The molecule has 2 rings (SSSR count). The van der Waals surface area contributed by atoms with Crippen LogP contribution in [-0.4, -0.2) is 12.6 Å². The van der Waals surface area contributed by atoms with Crippen molar-refractivity contribution in [2.75, 3.05) is 6.61 Å². The van der Waals surface area contributed by atoms with Crippen LogP contribution >= 0.6 is 0 Å². The number of fused-ring (bicyclic) bond motifs is 1. The minimum Gasteiger partial charge on any atom is -0.462 e. The third-order valence-electron chi connectivity index (χ3n) is 3.05. The van der Waals surface area contributed by atoms with Gasteiger partial charge in [0.1, 0.15) is 0 Å². The van der Waals surface area contributed by atoms with Gasteiger partial charge in [0.05, 0.1) is 6.61 Å². The first-order valence-corrected chi connectivity index (χ1v) is 4.57. The molecule has 2 nitrogen and oxygen atoms in total. The van der Waals surface area contributed by atoms with Crippen molar-refractivity contribution in [3.8, 4) is 0 Å². The SMILES string of the molecule is CC1=C2C(=O)OC[C@H](C)[C@@H]2CC1. The molecule has 0 amide bonds. The van der Waals surface area contributed by atoms with Crippen molar-refractivity contribution >= 4 is 5.97 Å². The Hall–Kier alpha value is -0.790. The van der Waals surface area contributed by atoms with E-state index in [0.29, 0.717) is 18.4 Å². The molecular formula is C10H14O2. The molecule has 0 unspecified atom stereocenters. The number of allylic oxidation sites excluding steroid dienone is 1. The molecule has 0 aromatic rings. The summed E-state index contributed by atoms with van der Waals surface area (Å²) in [5, 5.41) is 0. The number of hydrogen-bond acceptors (Lipinski definition) is 2. The maximum atomic E-state index is 11.4. The summed E-state index contributed by atoms with van der Waals surface area (Å²) in [5.74, 6) is 0.953. The summed E-state index contributed by atoms with van der Waals surface area (Å²) >= 11 is 0. The highest BCUT2D eigenvalue weighted by atomic mass is 16.5. The second-order valence-corrected chi connectivity index (χ2v) is 3.91. The lowest BCUT2D eigenvalue weighted by molar-refractivity contribution is -0.144. The van der Waals surface area contributed by atoms with Crippen LogP contribution in [0.1, 0.15) is 26.7 Å². The van der Waals surface area contributed by atoms with Gasteiger partial charge < -0.3 is 4.74 Å². The predicted molar refractivity (Wildman–Crippen MR) is 45.5 cm³/mol. The largest absolute Gasteiger partial charge is 0.462 e. The van der Waals surface area contributed by atoms with Gasteiger partial charge in [0.2, 0.25) is 0 Å². The van der Waals surface area contributed by atoms with Gasteiger partial charge in [-0.1, -0.05) is 12.5 Å². The van der Waals surface area contributed by atoms with E-state index >= 15 is 0 Å². The van der Waals surface area contributed by atoms with Gasteiger partial charge in [-0.3, -0.25) is 0 Å². The van der Waals surface area contributed by atoms with Gasteiger partial charge in [0.15, 0.2) is 0 Å². The number of carbonyl (C=O) groups excluding carboxylic acids is 1. The minimum atomic E-state index is -0.0619. The maximum Gasteiger partial charge on any atom is 0.334 e. The Balaban J connectivity index is 2.33. The van der Waals surface area contributed by atoms with E-state index in [0.717, 1.165) is 18.4 Å². The fourth-order valence-corrected chi connectivity index (χ4v) is 2.26. The number of esters is 1. The molecule has 1 fully saturated rings. The first kappa shape index (κ1) is 7.84. The van der Waals surface area contributed by atoms with Gasteiger partial charge in [-0.15, -0.1) is 0 Å². The summed E-state index contributed by atoms with van der Waals surface area (Å²) in [6.07, 6.45) is 2.23. The zero-order chi connectivity index (χ0) is 8.72. The number of cyclic esters (lactones) is 1. The summed E-state index contributed by atoms with van der Waals surface area (Å²) < 4.78 is 5.08. The number of hydrogen-bond donors (Lipinski definition) is 0. The smallest absolute Gasteiger partial charge is 0.334 e. The van der Waals surface area contributed by atoms with E-state index in [2.05, 4.69) is 13.8 Å². The van der Waals surface area contributed by atoms with Crippen molar-refractivity contribution in [2.24, 2.45) is 11.8 Å². The summed E-state index contributed by atoms with van der Waals surface area (Å²) in [7, 11) is 0. The third kappa shape index (κ3) is 0.977. The minimum absolute atomic E-state index is 0.0619.